The largest absolute Gasteiger partial charge is 0.388 e. The van der Waals surface area contributed by atoms with Gasteiger partial charge in [0.15, 0.2) is 0 Å². The molecule has 0 amide bonds. The molecule has 0 bridgehead atoms. The van der Waals surface area contributed by atoms with Gasteiger partial charge < -0.3 is 5.11 Å². The summed E-state index contributed by atoms with van der Waals surface area (Å²) in [6.07, 6.45) is -0.400. The van der Waals surface area contributed by atoms with E-state index in [2.05, 4.69) is 16.6 Å². The molecule has 1 aromatic carbocycles. The van der Waals surface area contributed by atoms with Crippen molar-refractivity contribution in [3.8, 4) is 0 Å². The lowest BCUT2D eigenvalue weighted by Gasteiger charge is -2.09. The minimum atomic E-state index is -0.658. The third-order valence-corrected chi connectivity index (χ3v) is 1.80. The van der Waals surface area contributed by atoms with Gasteiger partial charge in [0.2, 0.25) is 0 Å². The molecule has 1 aromatic rings. The van der Waals surface area contributed by atoms with Crippen LogP contribution in [0.15, 0.2) is 47.7 Å². The van der Waals surface area contributed by atoms with Crippen molar-refractivity contribution in [2.75, 3.05) is 0 Å². The van der Waals surface area contributed by atoms with Crippen molar-refractivity contribution < 1.29 is 5.11 Å². The molecule has 4 nitrogen and oxygen atoms in total. The van der Waals surface area contributed by atoms with Gasteiger partial charge in [-0.2, -0.15) is 0 Å². The van der Waals surface area contributed by atoms with Crippen LogP contribution in [0.4, 0.5) is 0 Å². The Hall–Kier alpha value is -1.77. The van der Waals surface area contributed by atoms with Crippen LogP contribution in [0.5, 0.6) is 0 Å². The van der Waals surface area contributed by atoms with E-state index in [0.717, 1.165) is 5.56 Å². The second-order valence-corrected chi connectivity index (χ2v) is 2.89. The highest BCUT2D eigenvalue weighted by Gasteiger charge is 2.07. The van der Waals surface area contributed by atoms with Crippen LogP contribution in [0, 0.1) is 0 Å². The van der Waals surface area contributed by atoms with Gasteiger partial charge in [0.05, 0.1) is 6.10 Å². The molecular formula is C10H11N3O. The van der Waals surface area contributed by atoms with Crippen molar-refractivity contribution in [2.45, 2.75) is 12.5 Å². The zero-order valence-corrected chi connectivity index (χ0v) is 7.67. The molecule has 0 aliphatic carbocycles. The van der Waals surface area contributed by atoms with E-state index in [1.165, 1.54) is 0 Å². The number of aliphatic hydroxyl groups excluding tert-OH is 1. The highest BCUT2D eigenvalue weighted by atomic mass is 16.3. The molecule has 0 heterocycles. The topological polar surface area (TPSA) is 69.0 Å². The zero-order chi connectivity index (χ0) is 10.4. The van der Waals surface area contributed by atoms with Crippen LogP contribution in [0.25, 0.3) is 10.4 Å². The lowest BCUT2D eigenvalue weighted by atomic mass is 10.1. The molecular weight excluding hydrogens is 178 g/mol. The SMILES string of the molecule is C=C(CC(O)c1ccccc1)N=[N+]=[N-]. The molecule has 0 saturated heterocycles. The second-order valence-electron chi connectivity index (χ2n) is 2.89. The molecule has 0 aliphatic rings. The molecule has 1 N–H and O–H groups in total. The van der Waals surface area contributed by atoms with E-state index in [4.69, 9.17) is 5.53 Å². The highest BCUT2D eigenvalue weighted by Crippen LogP contribution is 2.20. The van der Waals surface area contributed by atoms with Gasteiger partial charge in [-0.25, -0.2) is 0 Å². The minimum Gasteiger partial charge on any atom is -0.388 e. The summed E-state index contributed by atoms with van der Waals surface area (Å²) in [5.74, 6) is 0. The first-order valence-electron chi connectivity index (χ1n) is 4.20. The molecule has 1 unspecified atom stereocenters. The Morgan fingerprint density at radius 2 is 2.14 bits per heavy atom. The van der Waals surface area contributed by atoms with Crippen molar-refractivity contribution in [1.82, 2.24) is 0 Å². The van der Waals surface area contributed by atoms with Crippen molar-refractivity contribution >= 4 is 0 Å². The Labute approximate surface area is 82.1 Å². The smallest absolute Gasteiger partial charge is 0.0828 e. The van der Waals surface area contributed by atoms with Crippen LogP contribution in [0.1, 0.15) is 18.1 Å². The molecule has 0 saturated carbocycles. The molecule has 0 spiro atoms. The fourth-order valence-electron chi connectivity index (χ4n) is 1.12. The van der Waals surface area contributed by atoms with Gasteiger partial charge in [-0.1, -0.05) is 42.0 Å². The van der Waals surface area contributed by atoms with Crippen LogP contribution in [-0.2, 0) is 0 Å². The van der Waals surface area contributed by atoms with Gasteiger partial charge in [0.25, 0.3) is 0 Å². The Kier molecular flexibility index (Phi) is 3.73. The number of hydrogen-bond acceptors (Lipinski definition) is 2. The van der Waals surface area contributed by atoms with E-state index in [1.54, 1.807) is 0 Å². The number of aliphatic hydroxyl groups is 1. The maximum atomic E-state index is 9.67. The molecule has 0 aliphatic heterocycles. The van der Waals surface area contributed by atoms with Crippen molar-refractivity contribution in [3.05, 3.63) is 58.6 Å². The minimum absolute atomic E-state index is 0.258. The second kappa shape index (κ2) is 5.07. The summed E-state index contributed by atoms with van der Waals surface area (Å²) >= 11 is 0. The zero-order valence-electron chi connectivity index (χ0n) is 7.67. The Morgan fingerprint density at radius 3 is 2.71 bits per heavy atom. The first-order valence-corrected chi connectivity index (χ1v) is 4.20. The van der Waals surface area contributed by atoms with Crippen molar-refractivity contribution in [3.63, 3.8) is 0 Å². The molecule has 0 fully saturated rings. The third kappa shape index (κ3) is 2.94. The predicted molar refractivity (Wildman–Crippen MR) is 54.3 cm³/mol. The molecule has 0 aromatic heterocycles. The summed E-state index contributed by atoms with van der Waals surface area (Å²) in [4.78, 5) is 2.60. The lowest BCUT2D eigenvalue weighted by molar-refractivity contribution is 0.178. The Morgan fingerprint density at radius 1 is 1.50 bits per heavy atom. The van der Waals surface area contributed by atoms with Gasteiger partial charge in [-0.05, 0) is 11.1 Å². The summed E-state index contributed by atoms with van der Waals surface area (Å²) in [5.41, 5.74) is 9.27. The number of nitrogens with zero attached hydrogens (tertiary/aromatic N) is 3. The number of hydrogen-bond donors (Lipinski definition) is 1. The number of benzene rings is 1. The lowest BCUT2D eigenvalue weighted by Crippen LogP contribution is -1.97. The fourth-order valence-corrected chi connectivity index (χ4v) is 1.12. The molecule has 72 valence electrons. The van der Waals surface area contributed by atoms with Gasteiger partial charge in [-0.3, -0.25) is 0 Å². The quantitative estimate of drug-likeness (QED) is 0.441. The Balaban J connectivity index is 2.63. The summed E-state index contributed by atoms with van der Waals surface area (Å²) in [6.45, 7) is 3.53. The van der Waals surface area contributed by atoms with Crippen LogP contribution in [0.3, 0.4) is 0 Å². The summed E-state index contributed by atoms with van der Waals surface area (Å²) in [6, 6.07) is 9.18. The summed E-state index contributed by atoms with van der Waals surface area (Å²) in [7, 11) is 0. The normalized spacial score (nSPS) is 11.5. The molecule has 4 heteroatoms. The highest BCUT2D eigenvalue weighted by molar-refractivity contribution is 5.18. The Bertz CT molecular complexity index is 355. The molecule has 14 heavy (non-hydrogen) atoms. The van der Waals surface area contributed by atoms with Crippen molar-refractivity contribution in [1.29, 1.82) is 0 Å². The van der Waals surface area contributed by atoms with E-state index in [1.807, 2.05) is 30.3 Å². The summed E-state index contributed by atoms with van der Waals surface area (Å²) < 4.78 is 0. The van der Waals surface area contributed by atoms with Gasteiger partial charge in [-0.15, -0.1) is 0 Å². The van der Waals surface area contributed by atoms with Crippen LogP contribution < -0.4 is 0 Å². The van der Waals surface area contributed by atoms with Crippen molar-refractivity contribution in [2.24, 2.45) is 5.11 Å². The molecule has 0 radical (unpaired) electrons. The van der Waals surface area contributed by atoms with Crippen LogP contribution in [0.2, 0.25) is 0 Å². The molecule has 1 atom stereocenters. The number of rotatable bonds is 4. The van der Waals surface area contributed by atoms with E-state index in [9.17, 15) is 5.11 Å². The monoisotopic (exact) mass is 189 g/mol. The standard InChI is InChI=1S/C10H11N3O/c1-8(12-13-11)7-10(14)9-5-3-2-4-6-9/h2-6,10,14H,1,7H2. The first-order chi connectivity index (χ1) is 6.74. The number of azide groups is 1. The maximum absolute atomic E-state index is 9.67. The van der Waals surface area contributed by atoms with Gasteiger partial charge >= 0.3 is 0 Å². The summed E-state index contributed by atoms with van der Waals surface area (Å²) in [5, 5.41) is 13.0. The van der Waals surface area contributed by atoms with Gasteiger partial charge in [0, 0.05) is 17.0 Å². The van der Waals surface area contributed by atoms with E-state index in [0.29, 0.717) is 5.70 Å². The fraction of sp³-hybridized carbons (Fsp3) is 0.200. The van der Waals surface area contributed by atoms with E-state index >= 15 is 0 Å². The van der Waals surface area contributed by atoms with E-state index in [-0.39, 0.29) is 6.42 Å². The van der Waals surface area contributed by atoms with Gasteiger partial charge in [0.1, 0.15) is 0 Å². The average molecular weight is 189 g/mol. The predicted octanol–water partition coefficient (Wildman–Crippen LogP) is 2.93. The third-order valence-electron chi connectivity index (χ3n) is 1.80. The van der Waals surface area contributed by atoms with Crippen LogP contribution >= 0.6 is 0 Å². The molecule has 1 rings (SSSR count). The van der Waals surface area contributed by atoms with E-state index < -0.39 is 6.10 Å². The maximum Gasteiger partial charge on any atom is 0.0828 e. The first kappa shape index (κ1) is 10.3. The van der Waals surface area contributed by atoms with Crippen LogP contribution in [-0.4, -0.2) is 5.11 Å². The average Bonchev–Trinajstić information content (AvgIpc) is 2.19.